The Kier molecular flexibility index (Phi) is 5.00. The molecule has 0 bridgehead atoms. The third-order valence-electron chi connectivity index (χ3n) is 3.38. The summed E-state index contributed by atoms with van der Waals surface area (Å²) >= 11 is 9.56. The van der Waals surface area contributed by atoms with Gasteiger partial charge < -0.3 is 0 Å². The van der Waals surface area contributed by atoms with E-state index in [1.165, 1.54) is 0 Å². The molecular formula is C17H16BrClO. The number of carbonyl (C=O) groups excluding carboxylic acids is 1. The molecule has 0 unspecified atom stereocenters. The summed E-state index contributed by atoms with van der Waals surface area (Å²) in [6, 6.07) is 11.5. The Balaban J connectivity index is 2.54. The number of hydrogen-bond donors (Lipinski definition) is 0. The van der Waals surface area contributed by atoms with Crippen LogP contribution in [-0.2, 0) is 12.8 Å². The van der Waals surface area contributed by atoms with Gasteiger partial charge in [0, 0.05) is 15.6 Å². The van der Waals surface area contributed by atoms with E-state index in [1.807, 2.05) is 18.2 Å². The molecule has 20 heavy (non-hydrogen) atoms. The van der Waals surface area contributed by atoms with Crippen LogP contribution >= 0.6 is 27.5 Å². The van der Waals surface area contributed by atoms with Crippen molar-refractivity contribution in [1.82, 2.24) is 0 Å². The highest BCUT2D eigenvalue weighted by molar-refractivity contribution is 9.10. The maximum absolute atomic E-state index is 12.8. The lowest BCUT2D eigenvalue weighted by atomic mass is 9.94. The molecule has 0 aliphatic heterocycles. The lowest BCUT2D eigenvalue weighted by Gasteiger charge is -2.10. The maximum atomic E-state index is 12.8. The van der Waals surface area contributed by atoms with Gasteiger partial charge in [-0.25, -0.2) is 0 Å². The van der Waals surface area contributed by atoms with Gasteiger partial charge in [-0.2, -0.15) is 0 Å². The predicted molar refractivity (Wildman–Crippen MR) is 87.8 cm³/mol. The topological polar surface area (TPSA) is 17.1 Å². The van der Waals surface area contributed by atoms with Crippen molar-refractivity contribution in [2.75, 3.05) is 0 Å². The zero-order valence-electron chi connectivity index (χ0n) is 11.5. The third-order valence-corrected chi connectivity index (χ3v) is 4.20. The van der Waals surface area contributed by atoms with Gasteiger partial charge in [0.25, 0.3) is 0 Å². The Bertz CT molecular complexity index is 649. The largest absolute Gasteiger partial charge is 0.289 e. The highest BCUT2D eigenvalue weighted by atomic mass is 79.9. The molecule has 0 fully saturated rings. The number of carbonyl (C=O) groups is 1. The number of ketones is 1. The van der Waals surface area contributed by atoms with Gasteiger partial charge >= 0.3 is 0 Å². The second-order valence-electron chi connectivity index (χ2n) is 4.65. The van der Waals surface area contributed by atoms with Crippen molar-refractivity contribution >= 4 is 33.3 Å². The van der Waals surface area contributed by atoms with Crippen molar-refractivity contribution < 1.29 is 4.79 Å². The molecule has 0 saturated carbocycles. The van der Waals surface area contributed by atoms with E-state index in [0.717, 1.165) is 34.0 Å². The van der Waals surface area contributed by atoms with Gasteiger partial charge in [0.2, 0.25) is 0 Å². The summed E-state index contributed by atoms with van der Waals surface area (Å²) in [4.78, 5) is 12.8. The van der Waals surface area contributed by atoms with E-state index in [-0.39, 0.29) is 5.78 Å². The Morgan fingerprint density at radius 3 is 2.45 bits per heavy atom. The van der Waals surface area contributed by atoms with Crippen LogP contribution in [0.5, 0.6) is 0 Å². The van der Waals surface area contributed by atoms with Gasteiger partial charge in [0.05, 0.1) is 5.02 Å². The van der Waals surface area contributed by atoms with E-state index in [9.17, 15) is 4.79 Å². The minimum absolute atomic E-state index is 0.0107. The average Bonchev–Trinajstić information content (AvgIpc) is 2.48. The lowest BCUT2D eigenvalue weighted by molar-refractivity contribution is 0.103. The number of aryl methyl sites for hydroxylation is 2. The zero-order valence-corrected chi connectivity index (χ0v) is 13.9. The first kappa shape index (κ1) is 15.3. The average molecular weight is 352 g/mol. The van der Waals surface area contributed by atoms with Gasteiger partial charge in [0.15, 0.2) is 5.78 Å². The minimum atomic E-state index is -0.0107. The highest BCUT2D eigenvalue weighted by Crippen LogP contribution is 2.25. The standard InChI is InChI=1S/C17H16BrClO/c1-3-11-5-6-12(4-2)14(9-11)17(20)15-10-13(18)7-8-16(15)19/h5-10H,3-4H2,1-2H3. The molecule has 2 aromatic carbocycles. The molecule has 0 spiro atoms. The van der Waals surface area contributed by atoms with E-state index in [4.69, 9.17) is 11.6 Å². The van der Waals surface area contributed by atoms with Crippen LogP contribution in [0.3, 0.4) is 0 Å². The first-order valence-electron chi connectivity index (χ1n) is 6.68. The second kappa shape index (κ2) is 6.55. The quantitative estimate of drug-likeness (QED) is 0.669. The van der Waals surface area contributed by atoms with Crippen LogP contribution in [0.2, 0.25) is 5.02 Å². The van der Waals surface area contributed by atoms with E-state index < -0.39 is 0 Å². The fourth-order valence-corrected chi connectivity index (χ4v) is 2.74. The Hall–Kier alpha value is -1.12. The predicted octanol–water partition coefficient (Wildman–Crippen LogP) is 5.46. The van der Waals surface area contributed by atoms with Crippen LogP contribution in [0.1, 0.15) is 40.9 Å². The summed E-state index contributed by atoms with van der Waals surface area (Å²) < 4.78 is 0.856. The van der Waals surface area contributed by atoms with Crippen LogP contribution in [0, 0.1) is 0 Å². The molecule has 0 N–H and O–H groups in total. The van der Waals surface area contributed by atoms with Crippen molar-refractivity contribution in [3.05, 3.63) is 68.1 Å². The van der Waals surface area contributed by atoms with Crippen LogP contribution < -0.4 is 0 Å². The molecule has 0 saturated heterocycles. The normalized spacial score (nSPS) is 10.6. The van der Waals surface area contributed by atoms with E-state index in [0.29, 0.717) is 10.6 Å². The van der Waals surface area contributed by atoms with Gasteiger partial charge in [-0.1, -0.05) is 53.5 Å². The van der Waals surface area contributed by atoms with Gasteiger partial charge in [0.1, 0.15) is 0 Å². The van der Waals surface area contributed by atoms with Crippen molar-refractivity contribution in [2.45, 2.75) is 26.7 Å². The molecule has 3 heteroatoms. The van der Waals surface area contributed by atoms with Gasteiger partial charge in [-0.05, 0) is 48.2 Å². The number of hydrogen-bond acceptors (Lipinski definition) is 1. The number of benzene rings is 2. The SMILES string of the molecule is CCc1ccc(CC)c(C(=O)c2cc(Br)ccc2Cl)c1. The maximum Gasteiger partial charge on any atom is 0.194 e. The van der Waals surface area contributed by atoms with Crippen LogP contribution in [0.25, 0.3) is 0 Å². The van der Waals surface area contributed by atoms with Crippen LogP contribution in [0.15, 0.2) is 40.9 Å². The molecule has 2 rings (SSSR count). The number of halogens is 2. The van der Waals surface area contributed by atoms with E-state index in [2.05, 4.69) is 35.8 Å². The Morgan fingerprint density at radius 2 is 1.80 bits per heavy atom. The molecule has 2 aromatic rings. The summed E-state index contributed by atoms with van der Waals surface area (Å²) in [5.74, 6) is -0.0107. The summed E-state index contributed by atoms with van der Waals surface area (Å²) in [5, 5.41) is 0.488. The third kappa shape index (κ3) is 3.13. The summed E-state index contributed by atoms with van der Waals surface area (Å²) in [6.07, 6.45) is 1.74. The van der Waals surface area contributed by atoms with Crippen LogP contribution in [-0.4, -0.2) is 5.78 Å². The second-order valence-corrected chi connectivity index (χ2v) is 5.97. The van der Waals surface area contributed by atoms with Gasteiger partial charge in [-0.15, -0.1) is 0 Å². The monoisotopic (exact) mass is 350 g/mol. The van der Waals surface area contributed by atoms with Gasteiger partial charge in [-0.3, -0.25) is 4.79 Å². The molecule has 0 aliphatic carbocycles. The minimum Gasteiger partial charge on any atom is -0.289 e. The van der Waals surface area contributed by atoms with E-state index >= 15 is 0 Å². The zero-order chi connectivity index (χ0) is 14.7. The molecular weight excluding hydrogens is 336 g/mol. The molecule has 1 nitrogen and oxygen atoms in total. The smallest absolute Gasteiger partial charge is 0.194 e. The summed E-state index contributed by atoms with van der Waals surface area (Å²) in [5.41, 5.74) is 3.52. The molecule has 0 radical (unpaired) electrons. The van der Waals surface area contributed by atoms with E-state index in [1.54, 1.807) is 12.1 Å². The van der Waals surface area contributed by atoms with Crippen LogP contribution in [0.4, 0.5) is 0 Å². The first-order valence-corrected chi connectivity index (χ1v) is 7.85. The summed E-state index contributed by atoms with van der Waals surface area (Å²) in [7, 11) is 0. The molecule has 0 aliphatic rings. The number of rotatable bonds is 4. The van der Waals surface area contributed by atoms with Crippen molar-refractivity contribution in [2.24, 2.45) is 0 Å². The van der Waals surface area contributed by atoms with Crippen molar-refractivity contribution in [3.63, 3.8) is 0 Å². The fraction of sp³-hybridized carbons (Fsp3) is 0.235. The Morgan fingerprint density at radius 1 is 1.05 bits per heavy atom. The molecule has 0 heterocycles. The fourth-order valence-electron chi connectivity index (χ4n) is 2.18. The van der Waals surface area contributed by atoms with Crippen molar-refractivity contribution in [3.8, 4) is 0 Å². The molecule has 0 atom stereocenters. The molecule has 0 aromatic heterocycles. The molecule has 104 valence electrons. The molecule has 0 amide bonds. The summed E-state index contributed by atoms with van der Waals surface area (Å²) in [6.45, 7) is 4.14. The van der Waals surface area contributed by atoms with Crippen molar-refractivity contribution in [1.29, 1.82) is 0 Å². The lowest BCUT2D eigenvalue weighted by Crippen LogP contribution is -2.07. The highest BCUT2D eigenvalue weighted by Gasteiger charge is 2.16. The Labute approximate surface area is 133 Å². The first-order chi connectivity index (χ1) is 9.56.